The van der Waals surface area contributed by atoms with Gasteiger partial charge in [-0.1, -0.05) is 52.4 Å². The van der Waals surface area contributed by atoms with Crippen LogP contribution < -0.4 is 0 Å². The molecule has 0 unspecified atom stereocenters. The Balaban J connectivity index is 2.09. The zero-order chi connectivity index (χ0) is 11.8. The van der Waals surface area contributed by atoms with Gasteiger partial charge < -0.3 is 4.57 Å². The van der Waals surface area contributed by atoms with Crippen LogP contribution >= 0.6 is 0 Å². The van der Waals surface area contributed by atoms with Crippen molar-refractivity contribution < 1.29 is 0 Å². The Hall–Kier alpha value is -0.720. The Morgan fingerprint density at radius 3 is 2.44 bits per heavy atom. The van der Waals surface area contributed by atoms with Crippen molar-refractivity contribution in [1.29, 1.82) is 0 Å². The van der Waals surface area contributed by atoms with Gasteiger partial charge in [0, 0.05) is 19.4 Å². The highest BCUT2D eigenvalue weighted by Crippen LogP contribution is 2.22. The van der Waals surface area contributed by atoms with Crippen LogP contribution in [0.25, 0.3) is 0 Å². The fourth-order valence-corrected chi connectivity index (χ4v) is 2.21. The molecule has 0 aliphatic rings. The van der Waals surface area contributed by atoms with Crippen molar-refractivity contribution >= 4 is 0 Å². The van der Waals surface area contributed by atoms with Gasteiger partial charge in [0.05, 0.1) is 0 Å². The highest BCUT2D eigenvalue weighted by atomic mass is 14.9. The highest BCUT2D eigenvalue weighted by molar-refractivity contribution is 5.14. The second-order valence-electron chi connectivity index (χ2n) is 5.07. The Labute approximate surface area is 101 Å². The van der Waals surface area contributed by atoms with E-state index in [2.05, 4.69) is 43.9 Å². The maximum absolute atomic E-state index is 2.35. The first kappa shape index (κ1) is 13.3. The third-order valence-corrected chi connectivity index (χ3v) is 3.41. The van der Waals surface area contributed by atoms with E-state index in [1.54, 1.807) is 0 Å². The third kappa shape index (κ3) is 4.87. The topological polar surface area (TPSA) is 4.93 Å². The number of rotatable bonds is 8. The van der Waals surface area contributed by atoms with Crippen molar-refractivity contribution in [1.82, 2.24) is 4.57 Å². The quantitative estimate of drug-likeness (QED) is 0.551. The Bertz CT molecular complexity index is 275. The van der Waals surface area contributed by atoms with E-state index in [0.29, 0.717) is 0 Å². The van der Waals surface area contributed by atoms with E-state index in [1.165, 1.54) is 50.5 Å². The van der Waals surface area contributed by atoms with E-state index in [9.17, 15) is 0 Å². The third-order valence-electron chi connectivity index (χ3n) is 3.41. The Morgan fingerprint density at radius 1 is 1.12 bits per heavy atom. The lowest BCUT2D eigenvalue weighted by Gasteiger charge is -2.09. The van der Waals surface area contributed by atoms with Gasteiger partial charge in [-0.05, 0) is 24.0 Å². The minimum Gasteiger partial charge on any atom is -0.357 e. The average Bonchev–Trinajstić information content (AvgIpc) is 2.70. The van der Waals surface area contributed by atoms with Crippen LogP contribution in [0.2, 0.25) is 0 Å². The largest absolute Gasteiger partial charge is 0.357 e. The van der Waals surface area contributed by atoms with Crippen LogP contribution in [-0.4, -0.2) is 4.57 Å². The first-order valence-corrected chi connectivity index (χ1v) is 6.86. The van der Waals surface area contributed by atoms with Gasteiger partial charge in [-0.25, -0.2) is 0 Å². The van der Waals surface area contributed by atoms with E-state index in [0.717, 1.165) is 5.92 Å². The summed E-state index contributed by atoms with van der Waals surface area (Å²) in [4.78, 5) is 0. The van der Waals surface area contributed by atoms with Crippen LogP contribution in [0.1, 0.15) is 70.3 Å². The Kier molecular flexibility index (Phi) is 6.29. The predicted octanol–water partition coefficient (Wildman–Crippen LogP) is 4.88. The van der Waals surface area contributed by atoms with Crippen LogP contribution in [0.3, 0.4) is 0 Å². The molecule has 1 atom stereocenters. The average molecular weight is 221 g/mol. The second-order valence-corrected chi connectivity index (χ2v) is 5.07. The lowest BCUT2D eigenvalue weighted by Crippen LogP contribution is -1.92. The number of nitrogens with zero attached hydrogens (tertiary/aromatic N) is 1. The molecule has 0 amide bonds. The highest BCUT2D eigenvalue weighted by Gasteiger charge is 2.05. The fraction of sp³-hybridized carbons (Fsp3) is 0.733. The molecular formula is C15H27N. The molecule has 0 spiro atoms. The van der Waals surface area contributed by atoms with Crippen LogP contribution in [-0.2, 0) is 7.05 Å². The molecule has 0 fully saturated rings. The summed E-state index contributed by atoms with van der Waals surface area (Å²) in [5.41, 5.74) is 1.50. The molecule has 0 saturated heterocycles. The van der Waals surface area contributed by atoms with Gasteiger partial charge in [0.1, 0.15) is 0 Å². The lowest BCUT2D eigenvalue weighted by molar-refractivity contribution is 0.557. The first-order valence-electron chi connectivity index (χ1n) is 6.86. The van der Waals surface area contributed by atoms with Crippen LogP contribution in [0.5, 0.6) is 0 Å². The van der Waals surface area contributed by atoms with Crippen LogP contribution in [0, 0.1) is 0 Å². The van der Waals surface area contributed by atoms with Gasteiger partial charge in [0.25, 0.3) is 0 Å². The molecule has 1 heterocycles. The van der Waals surface area contributed by atoms with Gasteiger partial charge in [0.15, 0.2) is 0 Å². The zero-order valence-electron chi connectivity index (χ0n) is 11.2. The van der Waals surface area contributed by atoms with Crippen LogP contribution in [0.15, 0.2) is 18.5 Å². The van der Waals surface area contributed by atoms with Gasteiger partial charge in [-0.3, -0.25) is 0 Å². The van der Waals surface area contributed by atoms with Gasteiger partial charge >= 0.3 is 0 Å². The minimum absolute atomic E-state index is 0.729. The lowest BCUT2D eigenvalue weighted by atomic mass is 9.97. The van der Waals surface area contributed by atoms with Gasteiger partial charge in [-0.2, -0.15) is 0 Å². The van der Waals surface area contributed by atoms with Crippen molar-refractivity contribution in [3.63, 3.8) is 0 Å². The normalized spacial score (nSPS) is 12.9. The number of hydrogen-bond acceptors (Lipinski definition) is 0. The van der Waals surface area contributed by atoms with E-state index >= 15 is 0 Å². The smallest absolute Gasteiger partial charge is 0.0106 e. The van der Waals surface area contributed by atoms with Gasteiger partial charge in [0.2, 0.25) is 0 Å². The summed E-state index contributed by atoms with van der Waals surface area (Å²) in [7, 11) is 2.10. The van der Waals surface area contributed by atoms with Gasteiger partial charge in [-0.15, -0.1) is 0 Å². The Morgan fingerprint density at radius 2 is 1.81 bits per heavy atom. The van der Waals surface area contributed by atoms with E-state index in [1.807, 2.05) is 0 Å². The van der Waals surface area contributed by atoms with Crippen molar-refractivity contribution in [3.8, 4) is 0 Å². The fourth-order valence-electron chi connectivity index (χ4n) is 2.21. The minimum atomic E-state index is 0.729. The molecule has 0 aliphatic heterocycles. The molecule has 1 nitrogen and oxygen atoms in total. The molecule has 1 heteroatoms. The predicted molar refractivity (Wildman–Crippen MR) is 71.8 cm³/mol. The molecule has 1 aromatic heterocycles. The molecule has 0 saturated carbocycles. The summed E-state index contributed by atoms with van der Waals surface area (Å²) >= 11 is 0. The molecule has 0 radical (unpaired) electrons. The summed E-state index contributed by atoms with van der Waals surface area (Å²) in [6.45, 7) is 4.62. The summed E-state index contributed by atoms with van der Waals surface area (Å²) in [5, 5.41) is 0. The number of aryl methyl sites for hydroxylation is 1. The molecule has 16 heavy (non-hydrogen) atoms. The maximum Gasteiger partial charge on any atom is 0.0106 e. The van der Waals surface area contributed by atoms with Crippen molar-refractivity contribution in [3.05, 3.63) is 24.0 Å². The molecule has 0 N–H and O–H groups in total. The summed E-state index contributed by atoms with van der Waals surface area (Å²) in [6.07, 6.45) is 14.2. The second kappa shape index (κ2) is 7.54. The van der Waals surface area contributed by atoms with Crippen molar-refractivity contribution in [2.24, 2.45) is 7.05 Å². The molecule has 0 aromatic carbocycles. The van der Waals surface area contributed by atoms with E-state index < -0.39 is 0 Å². The molecular weight excluding hydrogens is 194 g/mol. The molecule has 1 rings (SSSR count). The number of hydrogen-bond donors (Lipinski definition) is 0. The van der Waals surface area contributed by atoms with Crippen molar-refractivity contribution in [2.45, 2.75) is 64.7 Å². The standard InChI is InChI=1S/C15H27N/c1-4-5-6-7-8-9-10-14(2)15-11-12-16(3)13-15/h11-14H,4-10H2,1-3H3/t14-/m0/s1. The van der Waals surface area contributed by atoms with E-state index in [-0.39, 0.29) is 0 Å². The van der Waals surface area contributed by atoms with Crippen molar-refractivity contribution in [2.75, 3.05) is 0 Å². The van der Waals surface area contributed by atoms with E-state index in [4.69, 9.17) is 0 Å². The summed E-state index contributed by atoms with van der Waals surface area (Å²) < 4.78 is 2.15. The summed E-state index contributed by atoms with van der Waals surface area (Å²) in [5.74, 6) is 0.729. The SMILES string of the molecule is CCCCCCCC[C@H](C)c1ccn(C)c1. The maximum atomic E-state index is 2.35. The summed E-state index contributed by atoms with van der Waals surface area (Å²) in [6, 6.07) is 2.25. The molecule has 0 bridgehead atoms. The number of aromatic nitrogens is 1. The van der Waals surface area contributed by atoms with Crippen LogP contribution in [0.4, 0.5) is 0 Å². The monoisotopic (exact) mass is 221 g/mol. The molecule has 92 valence electrons. The first-order chi connectivity index (χ1) is 7.74. The zero-order valence-corrected chi connectivity index (χ0v) is 11.2. The molecule has 0 aliphatic carbocycles. The number of unbranched alkanes of at least 4 members (excludes halogenated alkanes) is 5. The molecule has 1 aromatic rings.